The summed E-state index contributed by atoms with van der Waals surface area (Å²) in [4.78, 5) is 22.0. The van der Waals surface area contributed by atoms with Crippen LogP contribution >= 0.6 is 0 Å². The smallest absolute Gasteiger partial charge is 0.330 e. The highest BCUT2D eigenvalue weighted by molar-refractivity contribution is 5.81. The van der Waals surface area contributed by atoms with Crippen LogP contribution in [0.2, 0.25) is 0 Å². The van der Waals surface area contributed by atoms with Crippen molar-refractivity contribution in [3.05, 3.63) is 36.3 Å². The van der Waals surface area contributed by atoms with E-state index in [1.165, 1.54) is 26.4 Å². The Hall–Kier alpha value is -2.04. The fourth-order valence-electron chi connectivity index (χ4n) is 1.55. The predicted molar refractivity (Wildman–Crippen MR) is 63.8 cm³/mol. The number of carbonyl (C=O) groups excluding carboxylic acids is 2. The number of methoxy groups -OCH3 is 1. The van der Waals surface area contributed by atoms with Gasteiger partial charge in [0.1, 0.15) is 11.9 Å². The van der Waals surface area contributed by atoms with E-state index in [0.717, 1.165) is 0 Å². The van der Waals surface area contributed by atoms with E-state index in [1.807, 2.05) is 0 Å². The Labute approximate surface area is 105 Å². The predicted octanol–water partition coefficient (Wildman–Crippen LogP) is 2.04. The zero-order valence-corrected chi connectivity index (χ0v) is 10.6. The van der Waals surface area contributed by atoms with Crippen molar-refractivity contribution in [2.24, 2.45) is 0 Å². The summed E-state index contributed by atoms with van der Waals surface area (Å²) in [5.41, 5.74) is 0. The van der Waals surface area contributed by atoms with E-state index in [9.17, 15) is 9.59 Å². The van der Waals surface area contributed by atoms with Gasteiger partial charge in [-0.15, -0.1) is 0 Å². The van der Waals surface area contributed by atoms with Crippen LogP contribution in [-0.2, 0) is 19.1 Å². The Morgan fingerprint density at radius 2 is 2.17 bits per heavy atom. The molecule has 0 saturated carbocycles. The lowest BCUT2D eigenvalue weighted by Gasteiger charge is -2.18. The lowest BCUT2D eigenvalue weighted by molar-refractivity contribution is -0.146. The number of hydrogen-bond donors (Lipinski definition) is 0. The first kappa shape index (κ1) is 14.0. The summed E-state index contributed by atoms with van der Waals surface area (Å²) in [6, 6.07) is 3.49. The minimum absolute atomic E-state index is 0.331. The summed E-state index contributed by atoms with van der Waals surface area (Å²) < 4.78 is 14.9. The standard InChI is InChI=1S/C13H16O5/c1-9(18-10(2)14)11(6-7-13(15)16-3)12-5-4-8-17-12/h4-9,11H,1-3H3/b7-6+/t9-,11+/m0/s1. The Kier molecular flexibility index (Phi) is 5.17. The number of carbonyl (C=O) groups is 2. The molecule has 0 fully saturated rings. The molecule has 1 aromatic heterocycles. The summed E-state index contributed by atoms with van der Waals surface area (Å²) in [5, 5.41) is 0. The SMILES string of the molecule is COC(=O)/C=C/[C@@H](c1ccco1)[C@H](C)OC(C)=O. The van der Waals surface area contributed by atoms with Crippen LogP contribution in [-0.4, -0.2) is 25.2 Å². The molecule has 0 aliphatic heterocycles. The van der Waals surface area contributed by atoms with E-state index in [2.05, 4.69) is 4.74 Å². The fraction of sp³-hybridized carbons (Fsp3) is 0.385. The number of ether oxygens (including phenoxy) is 2. The molecule has 2 atom stereocenters. The third-order valence-electron chi connectivity index (χ3n) is 2.37. The number of esters is 2. The van der Waals surface area contributed by atoms with Gasteiger partial charge >= 0.3 is 11.9 Å². The molecule has 1 heterocycles. The molecule has 0 N–H and O–H groups in total. The van der Waals surface area contributed by atoms with Crippen LogP contribution in [0.25, 0.3) is 0 Å². The highest BCUT2D eigenvalue weighted by Crippen LogP contribution is 2.24. The summed E-state index contributed by atoms with van der Waals surface area (Å²) in [6.45, 7) is 3.07. The van der Waals surface area contributed by atoms with E-state index in [4.69, 9.17) is 9.15 Å². The first-order chi connectivity index (χ1) is 8.54. The van der Waals surface area contributed by atoms with E-state index in [0.29, 0.717) is 5.76 Å². The van der Waals surface area contributed by atoms with E-state index in [1.54, 1.807) is 25.1 Å². The normalized spacial score (nSPS) is 14.2. The summed E-state index contributed by atoms with van der Waals surface area (Å²) >= 11 is 0. The molecule has 0 aliphatic rings. The van der Waals surface area contributed by atoms with E-state index < -0.39 is 12.1 Å². The number of hydrogen-bond acceptors (Lipinski definition) is 5. The van der Waals surface area contributed by atoms with Gasteiger partial charge in [-0.1, -0.05) is 6.08 Å². The second-order valence-electron chi connectivity index (χ2n) is 3.74. The van der Waals surface area contributed by atoms with Gasteiger partial charge in [-0.3, -0.25) is 4.79 Å². The minimum atomic E-state index is -0.471. The van der Waals surface area contributed by atoms with Crippen molar-refractivity contribution in [2.45, 2.75) is 25.9 Å². The average molecular weight is 252 g/mol. The van der Waals surface area contributed by atoms with Crippen molar-refractivity contribution >= 4 is 11.9 Å². The van der Waals surface area contributed by atoms with Gasteiger partial charge in [-0.25, -0.2) is 4.79 Å². The molecule has 18 heavy (non-hydrogen) atoms. The molecule has 0 spiro atoms. The van der Waals surface area contributed by atoms with Gasteiger partial charge in [0.05, 0.1) is 19.3 Å². The molecule has 5 nitrogen and oxygen atoms in total. The molecule has 0 aromatic carbocycles. The molecule has 1 rings (SSSR count). The lowest BCUT2D eigenvalue weighted by atomic mass is 10.00. The van der Waals surface area contributed by atoms with Gasteiger partial charge in [0.15, 0.2) is 0 Å². The summed E-state index contributed by atoms with van der Waals surface area (Å²) in [7, 11) is 1.30. The molecule has 98 valence electrons. The van der Waals surface area contributed by atoms with Crippen molar-refractivity contribution in [1.82, 2.24) is 0 Å². The topological polar surface area (TPSA) is 65.7 Å². The van der Waals surface area contributed by atoms with Gasteiger partial charge in [0, 0.05) is 13.0 Å². The first-order valence-electron chi connectivity index (χ1n) is 5.51. The maximum Gasteiger partial charge on any atom is 0.330 e. The Morgan fingerprint density at radius 1 is 1.44 bits per heavy atom. The molecule has 0 aliphatic carbocycles. The van der Waals surface area contributed by atoms with Crippen LogP contribution in [0, 0.1) is 0 Å². The third-order valence-corrected chi connectivity index (χ3v) is 2.37. The third kappa shape index (κ3) is 4.08. The Morgan fingerprint density at radius 3 is 2.67 bits per heavy atom. The zero-order valence-electron chi connectivity index (χ0n) is 10.6. The molecular formula is C13H16O5. The number of rotatable bonds is 5. The van der Waals surface area contributed by atoms with Gasteiger partial charge < -0.3 is 13.9 Å². The molecule has 0 saturated heterocycles. The van der Waals surface area contributed by atoms with Crippen molar-refractivity contribution < 1.29 is 23.5 Å². The first-order valence-corrected chi connectivity index (χ1v) is 5.51. The van der Waals surface area contributed by atoms with Crippen molar-refractivity contribution in [3.63, 3.8) is 0 Å². The maximum absolute atomic E-state index is 11.1. The van der Waals surface area contributed by atoms with Gasteiger partial charge in [0.2, 0.25) is 0 Å². The second kappa shape index (κ2) is 6.64. The van der Waals surface area contributed by atoms with Gasteiger partial charge in [-0.2, -0.15) is 0 Å². The maximum atomic E-state index is 11.1. The highest BCUT2D eigenvalue weighted by atomic mass is 16.5. The Bertz CT molecular complexity index is 419. The molecular weight excluding hydrogens is 236 g/mol. The fourth-order valence-corrected chi connectivity index (χ4v) is 1.55. The monoisotopic (exact) mass is 252 g/mol. The van der Waals surface area contributed by atoms with E-state index >= 15 is 0 Å². The zero-order chi connectivity index (χ0) is 13.5. The molecule has 0 amide bonds. The quantitative estimate of drug-likeness (QED) is 0.592. The average Bonchev–Trinajstić information content (AvgIpc) is 2.81. The largest absolute Gasteiger partial charge is 0.469 e. The molecule has 0 radical (unpaired) electrons. The van der Waals surface area contributed by atoms with Crippen LogP contribution < -0.4 is 0 Å². The highest BCUT2D eigenvalue weighted by Gasteiger charge is 2.22. The van der Waals surface area contributed by atoms with Crippen molar-refractivity contribution in [2.75, 3.05) is 7.11 Å². The van der Waals surface area contributed by atoms with Crippen LogP contribution in [0.15, 0.2) is 35.0 Å². The minimum Gasteiger partial charge on any atom is -0.469 e. The molecule has 0 bridgehead atoms. The van der Waals surface area contributed by atoms with E-state index in [-0.39, 0.29) is 11.9 Å². The molecule has 1 aromatic rings. The summed E-state index contributed by atoms with van der Waals surface area (Å²) in [5.74, 6) is -0.570. The van der Waals surface area contributed by atoms with Crippen molar-refractivity contribution in [1.29, 1.82) is 0 Å². The molecule has 0 unspecified atom stereocenters. The van der Waals surface area contributed by atoms with Crippen molar-refractivity contribution in [3.8, 4) is 0 Å². The second-order valence-corrected chi connectivity index (χ2v) is 3.74. The van der Waals surface area contributed by atoms with Crippen LogP contribution in [0.3, 0.4) is 0 Å². The van der Waals surface area contributed by atoms with Gasteiger partial charge in [-0.05, 0) is 19.1 Å². The summed E-state index contributed by atoms with van der Waals surface area (Å²) in [6.07, 6.45) is 3.97. The number of furan rings is 1. The van der Waals surface area contributed by atoms with Gasteiger partial charge in [0.25, 0.3) is 0 Å². The molecule has 5 heteroatoms. The lowest BCUT2D eigenvalue weighted by Crippen LogP contribution is -2.20. The van der Waals surface area contributed by atoms with Crippen LogP contribution in [0.5, 0.6) is 0 Å². The van der Waals surface area contributed by atoms with Crippen LogP contribution in [0.4, 0.5) is 0 Å². The Balaban J connectivity index is 2.85. The van der Waals surface area contributed by atoms with Crippen LogP contribution in [0.1, 0.15) is 25.5 Å².